The molecular weight excluding hydrogens is 322 g/mol. The number of nitrogens with zero attached hydrogens (tertiary/aromatic N) is 3. The van der Waals surface area contributed by atoms with Crippen LogP contribution < -0.4 is 0 Å². The van der Waals surface area contributed by atoms with Crippen LogP contribution in [0.2, 0.25) is 0 Å². The Balaban J connectivity index is 2.76. The quantitative estimate of drug-likeness (QED) is 0.585. The third-order valence-electron chi connectivity index (χ3n) is 3.18. The molecule has 0 radical (unpaired) electrons. The molecule has 1 aromatic heterocycles. The van der Waals surface area contributed by atoms with Gasteiger partial charge in [-0.1, -0.05) is 0 Å². The van der Waals surface area contributed by atoms with Crippen LogP contribution >= 0.6 is 0 Å². The Hall–Kier alpha value is -1.55. The van der Waals surface area contributed by atoms with Crippen LogP contribution in [0.1, 0.15) is 0 Å². The Morgan fingerprint density at radius 1 is 1.22 bits per heavy atom. The highest BCUT2D eigenvalue weighted by molar-refractivity contribution is 7.89. The van der Waals surface area contributed by atoms with Gasteiger partial charge in [-0.3, -0.25) is 9.78 Å². The smallest absolute Gasteiger partial charge is 0.244 e. The largest absolute Gasteiger partial charge is 0.383 e. The molecule has 0 aliphatic rings. The minimum absolute atomic E-state index is 0.0515. The number of hydrogen-bond donors (Lipinski definition) is 0. The fourth-order valence-electron chi connectivity index (χ4n) is 1.82. The second-order valence-electron chi connectivity index (χ2n) is 4.82. The van der Waals surface area contributed by atoms with Crippen molar-refractivity contribution in [2.45, 2.75) is 4.90 Å². The van der Waals surface area contributed by atoms with Gasteiger partial charge in [-0.2, -0.15) is 4.31 Å². The molecule has 0 spiro atoms. The number of aromatic nitrogens is 1. The summed E-state index contributed by atoms with van der Waals surface area (Å²) in [6, 6.07) is 2.98. The molecular formula is C14H23N3O5S. The Kier molecular flexibility index (Phi) is 8.10. The monoisotopic (exact) mass is 345 g/mol. The molecule has 1 amide bonds. The Morgan fingerprint density at radius 2 is 1.83 bits per heavy atom. The Labute approximate surface area is 137 Å². The van der Waals surface area contributed by atoms with Crippen molar-refractivity contribution in [3.05, 3.63) is 24.5 Å². The molecule has 1 rings (SSSR count). The van der Waals surface area contributed by atoms with Crippen LogP contribution in [0.3, 0.4) is 0 Å². The molecule has 8 nitrogen and oxygen atoms in total. The number of ether oxygens (including phenoxy) is 2. The number of carbonyl (C=O) groups is 1. The summed E-state index contributed by atoms with van der Waals surface area (Å²) in [4.78, 5) is 17.7. The van der Waals surface area contributed by atoms with Gasteiger partial charge >= 0.3 is 0 Å². The van der Waals surface area contributed by atoms with Crippen LogP contribution in [0.25, 0.3) is 0 Å². The molecule has 1 aromatic rings. The van der Waals surface area contributed by atoms with E-state index < -0.39 is 10.0 Å². The SMILES string of the molecule is COCCN(CCOC)C(=O)CN(C)S(=O)(=O)c1cccnc1. The van der Waals surface area contributed by atoms with Crippen LogP contribution in [-0.4, -0.2) is 82.6 Å². The van der Waals surface area contributed by atoms with Gasteiger partial charge in [-0.25, -0.2) is 8.42 Å². The standard InChI is InChI=1S/C14H23N3O5S/c1-16(23(19,20)13-5-4-6-15-11-13)12-14(18)17(7-9-21-2)8-10-22-3/h4-6,11H,7-10,12H2,1-3H3. The number of pyridine rings is 1. The summed E-state index contributed by atoms with van der Waals surface area (Å²) in [5.74, 6) is -0.311. The van der Waals surface area contributed by atoms with Crippen molar-refractivity contribution in [3.8, 4) is 0 Å². The van der Waals surface area contributed by atoms with E-state index in [2.05, 4.69) is 4.98 Å². The number of amides is 1. The highest BCUT2D eigenvalue weighted by atomic mass is 32.2. The lowest BCUT2D eigenvalue weighted by Gasteiger charge is -2.25. The van der Waals surface area contributed by atoms with Crippen LogP contribution in [0, 0.1) is 0 Å². The maximum Gasteiger partial charge on any atom is 0.244 e. The second-order valence-corrected chi connectivity index (χ2v) is 6.86. The van der Waals surface area contributed by atoms with E-state index in [4.69, 9.17) is 9.47 Å². The molecule has 0 atom stereocenters. The van der Waals surface area contributed by atoms with Gasteiger partial charge in [-0.15, -0.1) is 0 Å². The average molecular weight is 345 g/mol. The molecule has 0 N–H and O–H groups in total. The molecule has 23 heavy (non-hydrogen) atoms. The van der Waals surface area contributed by atoms with Crippen molar-refractivity contribution in [1.82, 2.24) is 14.2 Å². The lowest BCUT2D eigenvalue weighted by molar-refractivity contribution is -0.132. The van der Waals surface area contributed by atoms with Crippen LogP contribution in [0.4, 0.5) is 0 Å². The minimum atomic E-state index is -3.75. The number of hydrogen-bond acceptors (Lipinski definition) is 6. The van der Waals surface area contributed by atoms with Crippen LogP contribution in [0.15, 0.2) is 29.4 Å². The van der Waals surface area contributed by atoms with E-state index in [1.165, 1.54) is 50.7 Å². The number of likely N-dealkylation sites (N-methyl/N-ethyl adjacent to an activating group) is 1. The number of carbonyl (C=O) groups excluding carboxylic acids is 1. The summed E-state index contributed by atoms with van der Waals surface area (Å²) < 4.78 is 35.7. The average Bonchev–Trinajstić information content (AvgIpc) is 2.55. The Bertz CT molecular complexity index is 571. The molecule has 9 heteroatoms. The first-order chi connectivity index (χ1) is 10.9. The third-order valence-corrected chi connectivity index (χ3v) is 4.97. The molecule has 0 saturated carbocycles. The fourth-order valence-corrected chi connectivity index (χ4v) is 2.90. The van der Waals surface area contributed by atoms with Crippen LogP contribution in [-0.2, 0) is 24.3 Å². The lowest BCUT2D eigenvalue weighted by Crippen LogP contribution is -2.43. The van der Waals surface area contributed by atoms with Gasteiger partial charge in [0.05, 0.1) is 19.8 Å². The van der Waals surface area contributed by atoms with E-state index in [0.717, 1.165) is 4.31 Å². The molecule has 0 aromatic carbocycles. The predicted octanol–water partition coefficient (Wildman–Crippen LogP) is -0.176. The molecule has 0 unspecified atom stereocenters. The Morgan fingerprint density at radius 3 is 2.30 bits per heavy atom. The van der Waals surface area contributed by atoms with Crippen molar-refractivity contribution in [2.75, 3.05) is 54.1 Å². The van der Waals surface area contributed by atoms with Gasteiger partial charge in [0.15, 0.2) is 0 Å². The zero-order chi connectivity index (χ0) is 17.3. The number of sulfonamides is 1. The third kappa shape index (κ3) is 5.87. The van der Waals surface area contributed by atoms with Crippen molar-refractivity contribution in [2.24, 2.45) is 0 Å². The van der Waals surface area contributed by atoms with Gasteiger partial charge in [0.1, 0.15) is 4.90 Å². The van der Waals surface area contributed by atoms with Gasteiger partial charge < -0.3 is 14.4 Å². The molecule has 0 saturated heterocycles. The summed E-state index contributed by atoms with van der Waals surface area (Å²) in [5, 5.41) is 0. The summed E-state index contributed by atoms with van der Waals surface area (Å²) >= 11 is 0. The lowest BCUT2D eigenvalue weighted by atomic mass is 10.4. The van der Waals surface area contributed by atoms with Gasteiger partial charge in [-0.05, 0) is 12.1 Å². The normalized spacial score (nSPS) is 11.7. The maximum absolute atomic E-state index is 12.4. The molecule has 1 heterocycles. The van der Waals surface area contributed by atoms with E-state index in [1.54, 1.807) is 0 Å². The first kappa shape index (κ1) is 19.5. The molecule has 0 aliphatic carbocycles. The fraction of sp³-hybridized carbons (Fsp3) is 0.571. The number of rotatable bonds is 10. The van der Waals surface area contributed by atoms with E-state index in [-0.39, 0.29) is 17.3 Å². The van der Waals surface area contributed by atoms with Crippen molar-refractivity contribution in [1.29, 1.82) is 0 Å². The number of methoxy groups -OCH3 is 2. The minimum Gasteiger partial charge on any atom is -0.383 e. The molecule has 0 fully saturated rings. The zero-order valence-corrected chi connectivity index (χ0v) is 14.5. The second kappa shape index (κ2) is 9.56. The molecule has 0 aliphatic heterocycles. The molecule has 130 valence electrons. The van der Waals surface area contributed by atoms with Crippen LogP contribution in [0.5, 0.6) is 0 Å². The molecule has 0 bridgehead atoms. The van der Waals surface area contributed by atoms with Crippen molar-refractivity contribution >= 4 is 15.9 Å². The highest BCUT2D eigenvalue weighted by Crippen LogP contribution is 2.12. The predicted molar refractivity (Wildman–Crippen MR) is 84.4 cm³/mol. The topological polar surface area (TPSA) is 89.0 Å². The van der Waals surface area contributed by atoms with E-state index in [0.29, 0.717) is 26.3 Å². The van der Waals surface area contributed by atoms with E-state index in [1.807, 2.05) is 0 Å². The first-order valence-corrected chi connectivity index (χ1v) is 8.49. The summed E-state index contributed by atoms with van der Waals surface area (Å²) in [6.45, 7) is 1.23. The maximum atomic E-state index is 12.4. The summed E-state index contributed by atoms with van der Waals surface area (Å²) in [6.07, 6.45) is 2.74. The highest BCUT2D eigenvalue weighted by Gasteiger charge is 2.25. The zero-order valence-electron chi connectivity index (χ0n) is 13.6. The first-order valence-electron chi connectivity index (χ1n) is 7.05. The summed E-state index contributed by atoms with van der Waals surface area (Å²) in [5.41, 5.74) is 0. The van der Waals surface area contributed by atoms with Gasteiger partial charge in [0.2, 0.25) is 15.9 Å². The van der Waals surface area contributed by atoms with Crippen molar-refractivity contribution in [3.63, 3.8) is 0 Å². The summed E-state index contributed by atoms with van der Waals surface area (Å²) in [7, 11) is 0.698. The van der Waals surface area contributed by atoms with Crippen molar-refractivity contribution < 1.29 is 22.7 Å². The van der Waals surface area contributed by atoms with E-state index in [9.17, 15) is 13.2 Å². The van der Waals surface area contributed by atoms with Gasteiger partial charge in [0.25, 0.3) is 0 Å². The van der Waals surface area contributed by atoms with E-state index >= 15 is 0 Å². The van der Waals surface area contributed by atoms with Gasteiger partial charge in [0, 0.05) is 46.8 Å².